The Balaban J connectivity index is 1.64. The van der Waals surface area contributed by atoms with E-state index < -0.39 is 11.9 Å². The van der Waals surface area contributed by atoms with Crippen molar-refractivity contribution in [3.05, 3.63) is 95.1 Å². The second-order valence-corrected chi connectivity index (χ2v) is 11.7. The zero-order valence-electron chi connectivity index (χ0n) is 22.8. The molecule has 0 aromatic heterocycles. The first-order valence-corrected chi connectivity index (χ1v) is 12.7. The molecule has 1 unspecified atom stereocenters. The van der Waals surface area contributed by atoms with Crippen LogP contribution in [-0.2, 0) is 22.0 Å². The predicted octanol–water partition coefficient (Wildman–Crippen LogP) is 8.30. The number of hydrogen-bond donors (Lipinski definition) is 1. The maximum Gasteiger partial charge on any atom is 0.306 e. The van der Waals surface area contributed by atoms with Crippen molar-refractivity contribution in [3.8, 4) is 16.9 Å². The quantitative estimate of drug-likeness (QED) is 0.350. The van der Waals surface area contributed by atoms with E-state index in [-0.39, 0.29) is 10.8 Å². The Kier molecular flexibility index (Phi) is 8.45. The summed E-state index contributed by atoms with van der Waals surface area (Å²) in [4.78, 5) is 11.0. The van der Waals surface area contributed by atoms with Gasteiger partial charge in [-0.15, -0.1) is 0 Å². The van der Waals surface area contributed by atoms with Gasteiger partial charge in [0.05, 0.1) is 5.92 Å². The molecule has 0 aliphatic rings. The third kappa shape index (κ3) is 7.58. The molecule has 3 rings (SSSR count). The molecule has 1 atom stereocenters. The first-order chi connectivity index (χ1) is 16.8. The fourth-order valence-corrected chi connectivity index (χ4v) is 3.94. The maximum absolute atomic E-state index is 11.0. The van der Waals surface area contributed by atoms with Crippen LogP contribution in [0.2, 0.25) is 0 Å². The van der Waals surface area contributed by atoms with Crippen molar-refractivity contribution in [2.75, 3.05) is 6.61 Å². The molecule has 0 aliphatic heterocycles. The molecule has 0 amide bonds. The van der Waals surface area contributed by atoms with Gasteiger partial charge >= 0.3 is 5.97 Å². The first-order valence-electron chi connectivity index (χ1n) is 12.7. The van der Waals surface area contributed by atoms with Gasteiger partial charge in [0, 0.05) is 0 Å². The highest BCUT2D eigenvalue weighted by atomic mass is 16.5. The third-order valence-electron chi connectivity index (χ3n) is 6.45. The molecule has 190 valence electrons. The minimum absolute atomic E-state index is 0.0932. The van der Waals surface area contributed by atoms with E-state index in [1.165, 1.54) is 22.3 Å². The summed E-state index contributed by atoms with van der Waals surface area (Å²) < 4.78 is 5.82. The molecule has 3 nitrogen and oxygen atoms in total. The van der Waals surface area contributed by atoms with E-state index >= 15 is 0 Å². The summed E-state index contributed by atoms with van der Waals surface area (Å²) in [5.74, 6) is -0.397. The third-order valence-corrected chi connectivity index (χ3v) is 6.45. The van der Waals surface area contributed by atoms with Gasteiger partial charge in [0.25, 0.3) is 0 Å². The minimum atomic E-state index is -0.776. The molecule has 0 saturated heterocycles. The number of carbonyl (C=O) groups is 1. The molecule has 0 bridgehead atoms. The maximum atomic E-state index is 11.0. The number of carboxylic acids is 1. The van der Waals surface area contributed by atoms with Gasteiger partial charge in [0.2, 0.25) is 0 Å². The van der Waals surface area contributed by atoms with E-state index in [4.69, 9.17) is 9.84 Å². The Hall–Kier alpha value is -3.33. The van der Waals surface area contributed by atoms with Gasteiger partial charge in [0.15, 0.2) is 0 Å². The molecule has 0 fully saturated rings. The average Bonchev–Trinajstić information content (AvgIpc) is 2.82. The van der Waals surface area contributed by atoms with Crippen molar-refractivity contribution in [1.82, 2.24) is 0 Å². The highest BCUT2D eigenvalue weighted by Crippen LogP contribution is 2.34. The number of aliphatic carboxylic acids is 1. The van der Waals surface area contributed by atoms with Crippen LogP contribution in [0.1, 0.15) is 70.7 Å². The monoisotopic (exact) mass is 484 g/mol. The van der Waals surface area contributed by atoms with Gasteiger partial charge in [-0.05, 0) is 68.8 Å². The number of benzene rings is 3. The molecule has 1 N–H and O–H groups in total. The van der Waals surface area contributed by atoms with Crippen molar-refractivity contribution in [2.45, 2.75) is 65.7 Å². The lowest BCUT2D eigenvalue weighted by Crippen LogP contribution is -2.16. The molecule has 3 heteroatoms. The second kappa shape index (κ2) is 11.2. The van der Waals surface area contributed by atoms with Crippen LogP contribution in [0.3, 0.4) is 0 Å². The second-order valence-electron chi connectivity index (χ2n) is 11.7. The summed E-state index contributed by atoms with van der Waals surface area (Å²) in [5, 5.41) is 9.06. The zero-order chi connectivity index (χ0) is 26.5. The molecule has 0 spiro atoms. The normalized spacial score (nSPS) is 13.1. The zero-order valence-corrected chi connectivity index (χ0v) is 22.8. The standard InChI is InChI=1S/C33H40O3/c1-23(31(34)35)19-25-12-16-30(17-13-25)36-18-8-9-24-10-14-26(15-11-24)27-20-28(32(2,3)4)22-29(21-27)33(5,6)7/h8-17,20-23H,18-19H2,1-7H3,(H,34,35)/b9-8+. The Bertz CT molecular complexity index is 1160. The molecule has 0 saturated carbocycles. The summed E-state index contributed by atoms with van der Waals surface area (Å²) in [5.41, 5.74) is 7.50. The van der Waals surface area contributed by atoms with Crippen molar-refractivity contribution >= 4 is 12.0 Å². The summed E-state index contributed by atoms with van der Waals surface area (Å²) in [6.45, 7) is 15.8. The van der Waals surface area contributed by atoms with Crippen molar-refractivity contribution < 1.29 is 14.6 Å². The predicted molar refractivity (Wildman–Crippen MR) is 151 cm³/mol. The van der Waals surface area contributed by atoms with Gasteiger partial charge in [-0.2, -0.15) is 0 Å². The molecule has 36 heavy (non-hydrogen) atoms. The fourth-order valence-electron chi connectivity index (χ4n) is 3.94. The van der Waals surface area contributed by atoms with Crippen molar-refractivity contribution in [1.29, 1.82) is 0 Å². The Labute approximate surface area is 216 Å². The van der Waals surface area contributed by atoms with E-state index in [1.807, 2.05) is 30.3 Å². The Morgan fingerprint density at radius 3 is 1.89 bits per heavy atom. The smallest absolute Gasteiger partial charge is 0.306 e. The van der Waals surface area contributed by atoms with E-state index in [9.17, 15) is 4.79 Å². The molecular weight excluding hydrogens is 444 g/mol. The van der Waals surface area contributed by atoms with Crippen molar-refractivity contribution in [3.63, 3.8) is 0 Å². The molecule has 3 aromatic rings. The summed E-state index contributed by atoms with van der Waals surface area (Å²) in [6.07, 6.45) is 4.59. The SMILES string of the molecule is CC(Cc1ccc(OC/C=C/c2ccc(-c3cc(C(C)(C)C)cc(C(C)(C)C)c3)cc2)cc1)C(=O)O. The van der Waals surface area contributed by atoms with Crippen LogP contribution in [0.4, 0.5) is 0 Å². The van der Waals surface area contributed by atoms with Crippen LogP contribution in [-0.4, -0.2) is 17.7 Å². The van der Waals surface area contributed by atoms with E-state index in [0.717, 1.165) is 16.9 Å². The van der Waals surface area contributed by atoms with Crippen LogP contribution in [0.5, 0.6) is 5.75 Å². The lowest BCUT2D eigenvalue weighted by atomic mass is 9.79. The Morgan fingerprint density at radius 1 is 0.833 bits per heavy atom. The average molecular weight is 485 g/mol. The number of hydrogen-bond acceptors (Lipinski definition) is 2. The molecule has 0 heterocycles. The lowest BCUT2D eigenvalue weighted by Gasteiger charge is -2.26. The molecule has 3 aromatic carbocycles. The van der Waals surface area contributed by atoms with Gasteiger partial charge < -0.3 is 9.84 Å². The van der Waals surface area contributed by atoms with Crippen LogP contribution in [0, 0.1) is 5.92 Å². The molecule has 0 aliphatic carbocycles. The summed E-state index contributed by atoms with van der Waals surface area (Å²) in [7, 11) is 0. The van der Waals surface area contributed by atoms with Crippen LogP contribution in [0.15, 0.2) is 72.8 Å². The number of carboxylic acid groups (broad SMARTS) is 1. The topological polar surface area (TPSA) is 46.5 Å². The largest absolute Gasteiger partial charge is 0.490 e. The van der Waals surface area contributed by atoms with E-state index in [2.05, 4.69) is 90.1 Å². The van der Waals surface area contributed by atoms with E-state index in [1.54, 1.807) is 6.92 Å². The summed E-state index contributed by atoms with van der Waals surface area (Å²) in [6, 6.07) is 23.3. The van der Waals surface area contributed by atoms with Crippen LogP contribution >= 0.6 is 0 Å². The van der Waals surface area contributed by atoms with Gasteiger partial charge in [-0.3, -0.25) is 4.79 Å². The van der Waals surface area contributed by atoms with Gasteiger partial charge in [-0.25, -0.2) is 0 Å². The van der Waals surface area contributed by atoms with Gasteiger partial charge in [-0.1, -0.05) is 109 Å². The highest BCUT2D eigenvalue weighted by Gasteiger charge is 2.20. The first kappa shape index (κ1) is 27.3. The Morgan fingerprint density at radius 2 is 1.39 bits per heavy atom. The minimum Gasteiger partial charge on any atom is -0.490 e. The van der Waals surface area contributed by atoms with Crippen LogP contribution < -0.4 is 4.74 Å². The van der Waals surface area contributed by atoms with Crippen molar-refractivity contribution in [2.24, 2.45) is 5.92 Å². The number of rotatable bonds is 8. The highest BCUT2D eigenvalue weighted by molar-refractivity contribution is 5.70. The molecular formula is C33H40O3. The van der Waals surface area contributed by atoms with Crippen LogP contribution in [0.25, 0.3) is 17.2 Å². The fraction of sp³-hybridized carbons (Fsp3) is 0.364. The van der Waals surface area contributed by atoms with Gasteiger partial charge in [0.1, 0.15) is 12.4 Å². The van der Waals surface area contributed by atoms with E-state index in [0.29, 0.717) is 13.0 Å². The summed E-state index contributed by atoms with van der Waals surface area (Å²) >= 11 is 0. The number of ether oxygens (including phenoxy) is 1. The lowest BCUT2D eigenvalue weighted by molar-refractivity contribution is -0.141. The molecule has 0 radical (unpaired) electrons.